The van der Waals surface area contributed by atoms with Gasteiger partial charge < -0.3 is 25.5 Å². The molecule has 10 heteroatoms. The highest BCUT2D eigenvalue weighted by Gasteiger charge is 2.21. The zero-order valence-electron chi connectivity index (χ0n) is 18.6. The minimum atomic E-state index is -3.54. The molecule has 0 amide bonds. The van der Waals surface area contributed by atoms with Crippen molar-refractivity contribution in [3.8, 4) is 5.75 Å². The molecule has 1 heterocycles. The van der Waals surface area contributed by atoms with Crippen LogP contribution in [0.3, 0.4) is 0 Å². The Morgan fingerprint density at radius 2 is 1.82 bits per heavy atom. The van der Waals surface area contributed by atoms with E-state index in [1.165, 1.54) is 12.1 Å². The van der Waals surface area contributed by atoms with E-state index >= 15 is 0 Å². The standard InChI is InChI=1S/C23H31N3O6S/c1-33(31,32)25-20-14-17(5-8-21(20)27)22(28)15-24-18-10-12-26(13-11-18)19-6-2-16(3-7-19)4-9-23(29)30/h2-3,5-8,14,18,22,24-25,27-28H,4,9-13,15H2,1H3,(H,29,30)/t22-/m1/s1. The average Bonchev–Trinajstić information content (AvgIpc) is 2.77. The predicted octanol–water partition coefficient (Wildman–Crippen LogP) is 2.07. The molecule has 1 fully saturated rings. The number of nitrogens with zero attached hydrogens (tertiary/aromatic N) is 1. The highest BCUT2D eigenvalue weighted by molar-refractivity contribution is 7.92. The van der Waals surface area contributed by atoms with Gasteiger partial charge in [-0.05, 0) is 54.7 Å². The molecule has 0 bridgehead atoms. The maximum absolute atomic E-state index is 11.4. The summed E-state index contributed by atoms with van der Waals surface area (Å²) in [5, 5.41) is 32.6. The van der Waals surface area contributed by atoms with Gasteiger partial charge in [0.1, 0.15) is 5.75 Å². The van der Waals surface area contributed by atoms with Gasteiger partial charge in [0.2, 0.25) is 10.0 Å². The van der Waals surface area contributed by atoms with Crippen molar-refractivity contribution in [3.05, 3.63) is 53.6 Å². The maximum Gasteiger partial charge on any atom is 0.303 e. The number of phenols is 1. The summed E-state index contributed by atoms with van der Waals surface area (Å²) < 4.78 is 25.1. The molecule has 0 aliphatic carbocycles. The van der Waals surface area contributed by atoms with Crippen LogP contribution >= 0.6 is 0 Å². The fraction of sp³-hybridized carbons (Fsp3) is 0.435. The van der Waals surface area contributed by atoms with Crippen molar-refractivity contribution < 1.29 is 28.5 Å². The number of phenolic OH excluding ortho intramolecular Hbond substituents is 1. The largest absolute Gasteiger partial charge is 0.506 e. The second-order valence-electron chi connectivity index (χ2n) is 8.40. The SMILES string of the molecule is CS(=O)(=O)Nc1cc([C@H](O)CNC2CCN(c3ccc(CCC(=O)O)cc3)CC2)ccc1O. The number of aliphatic hydroxyl groups excluding tert-OH is 1. The van der Waals surface area contributed by atoms with Gasteiger partial charge in [0, 0.05) is 37.8 Å². The number of aliphatic hydroxyl groups is 1. The zero-order valence-corrected chi connectivity index (χ0v) is 19.4. The first kappa shape index (κ1) is 24.8. The van der Waals surface area contributed by atoms with E-state index in [2.05, 4.69) is 14.9 Å². The highest BCUT2D eigenvalue weighted by Crippen LogP contribution is 2.28. The Morgan fingerprint density at radius 3 is 2.42 bits per heavy atom. The van der Waals surface area contributed by atoms with E-state index in [0.717, 1.165) is 43.4 Å². The van der Waals surface area contributed by atoms with Crippen molar-refractivity contribution in [1.82, 2.24) is 5.32 Å². The molecule has 1 aliphatic rings. The number of hydrogen-bond acceptors (Lipinski definition) is 7. The minimum Gasteiger partial charge on any atom is -0.506 e. The van der Waals surface area contributed by atoms with Crippen LogP contribution < -0.4 is 14.9 Å². The summed E-state index contributed by atoms with van der Waals surface area (Å²) in [6.07, 6.45) is 2.62. The average molecular weight is 478 g/mol. The molecule has 3 rings (SSSR count). The van der Waals surface area contributed by atoms with Crippen LogP contribution in [-0.2, 0) is 21.2 Å². The van der Waals surface area contributed by atoms with Crippen molar-refractivity contribution >= 4 is 27.4 Å². The Bertz CT molecular complexity index is 1050. The molecule has 2 aromatic rings. The van der Waals surface area contributed by atoms with E-state index in [9.17, 15) is 23.4 Å². The number of sulfonamides is 1. The number of carbonyl (C=O) groups is 1. The van der Waals surface area contributed by atoms with Gasteiger partial charge in [-0.15, -0.1) is 0 Å². The number of carboxylic acid groups (broad SMARTS) is 1. The summed E-state index contributed by atoms with van der Waals surface area (Å²) in [7, 11) is -3.54. The number of nitrogens with one attached hydrogen (secondary N) is 2. The van der Waals surface area contributed by atoms with E-state index in [1.54, 1.807) is 6.07 Å². The number of hydrogen-bond donors (Lipinski definition) is 5. The van der Waals surface area contributed by atoms with E-state index in [1.807, 2.05) is 24.3 Å². The minimum absolute atomic E-state index is 0.0383. The second-order valence-corrected chi connectivity index (χ2v) is 10.1. The van der Waals surface area contributed by atoms with Crippen LogP contribution in [0.15, 0.2) is 42.5 Å². The first-order valence-electron chi connectivity index (χ1n) is 10.9. The Labute approximate surface area is 194 Å². The molecule has 0 unspecified atom stereocenters. The topological polar surface area (TPSA) is 139 Å². The second kappa shape index (κ2) is 10.9. The molecular formula is C23H31N3O6S. The number of aromatic hydroxyl groups is 1. The van der Waals surface area contributed by atoms with E-state index < -0.39 is 22.1 Å². The van der Waals surface area contributed by atoms with E-state index in [0.29, 0.717) is 18.5 Å². The molecule has 5 N–H and O–H groups in total. The molecule has 1 atom stereocenters. The molecule has 0 aromatic heterocycles. The van der Waals surface area contributed by atoms with Gasteiger partial charge in [0.15, 0.2) is 0 Å². The van der Waals surface area contributed by atoms with Gasteiger partial charge in [0.05, 0.1) is 18.0 Å². The van der Waals surface area contributed by atoms with Gasteiger partial charge in [-0.1, -0.05) is 18.2 Å². The number of aryl methyl sites for hydroxylation is 1. The highest BCUT2D eigenvalue weighted by atomic mass is 32.2. The molecule has 33 heavy (non-hydrogen) atoms. The Kier molecular flexibility index (Phi) is 8.17. The molecule has 2 aromatic carbocycles. The van der Waals surface area contributed by atoms with Gasteiger partial charge in [-0.3, -0.25) is 9.52 Å². The van der Waals surface area contributed by atoms with Crippen molar-refractivity contribution in [1.29, 1.82) is 0 Å². The van der Waals surface area contributed by atoms with E-state index in [-0.39, 0.29) is 23.9 Å². The molecule has 0 radical (unpaired) electrons. The third-order valence-corrected chi connectivity index (χ3v) is 6.32. The number of anilines is 2. The lowest BCUT2D eigenvalue weighted by molar-refractivity contribution is -0.136. The predicted molar refractivity (Wildman–Crippen MR) is 127 cm³/mol. The summed E-state index contributed by atoms with van der Waals surface area (Å²) in [6.45, 7) is 2.04. The van der Waals surface area contributed by atoms with Crippen LogP contribution in [0.5, 0.6) is 5.75 Å². The molecule has 0 saturated carbocycles. The lowest BCUT2D eigenvalue weighted by Gasteiger charge is -2.34. The lowest BCUT2D eigenvalue weighted by Crippen LogP contribution is -2.43. The number of piperidine rings is 1. The maximum atomic E-state index is 11.4. The number of benzene rings is 2. The normalized spacial score (nSPS) is 15.9. The van der Waals surface area contributed by atoms with Gasteiger partial charge in [0.25, 0.3) is 0 Å². The molecule has 180 valence electrons. The summed E-state index contributed by atoms with van der Waals surface area (Å²) in [5.41, 5.74) is 2.67. The fourth-order valence-electron chi connectivity index (χ4n) is 3.91. The first-order valence-corrected chi connectivity index (χ1v) is 12.8. The van der Waals surface area contributed by atoms with Gasteiger partial charge >= 0.3 is 5.97 Å². The molecule has 9 nitrogen and oxygen atoms in total. The third kappa shape index (κ3) is 7.62. The summed E-state index contributed by atoms with van der Waals surface area (Å²) in [4.78, 5) is 13.0. The lowest BCUT2D eigenvalue weighted by atomic mass is 10.0. The van der Waals surface area contributed by atoms with Crippen molar-refractivity contribution in [3.63, 3.8) is 0 Å². The van der Waals surface area contributed by atoms with E-state index in [4.69, 9.17) is 5.11 Å². The Morgan fingerprint density at radius 1 is 1.15 bits per heavy atom. The van der Waals surface area contributed by atoms with Gasteiger partial charge in [-0.2, -0.15) is 0 Å². The van der Waals surface area contributed by atoms with Crippen LogP contribution in [0.1, 0.15) is 36.5 Å². The van der Waals surface area contributed by atoms with Crippen LogP contribution in [-0.4, -0.2) is 61.6 Å². The van der Waals surface area contributed by atoms with Crippen LogP contribution in [0.25, 0.3) is 0 Å². The van der Waals surface area contributed by atoms with Crippen LogP contribution in [0.2, 0.25) is 0 Å². The third-order valence-electron chi connectivity index (χ3n) is 5.72. The smallest absolute Gasteiger partial charge is 0.303 e. The van der Waals surface area contributed by atoms with Crippen LogP contribution in [0.4, 0.5) is 11.4 Å². The Hall–Kier alpha value is -2.82. The fourth-order valence-corrected chi connectivity index (χ4v) is 4.47. The molecule has 1 aliphatic heterocycles. The molecule has 0 spiro atoms. The molecular weight excluding hydrogens is 446 g/mol. The first-order chi connectivity index (χ1) is 15.6. The molecule has 1 saturated heterocycles. The quantitative estimate of drug-likeness (QED) is 0.328. The number of aliphatic carboxylic acids is 1. The zero-order chi connectivity index (χ0) is 24.0. The van der Waals surface area contributed by atoms with Crippen molar-refractivity contribution in [2.24, 2.45) is 0 Å². The van der Waals surface area contributed by atoms with Gasteiger partial charge in [-0.25, -0.2) is 8.42 Å². The summed E-state index contributed by atoms with van der Waals surface area (Å²) in [5.74, 6) is -0.998. The monoisotopic (exact) mass is 477 g/mol. The van der Waals surface area contributed by atoms with Crippen molar-refractivity contribution in [2.45, 2.75) is 37.8 Å². The Balaban J connectivity index is 1.47. The summed E-state index contributed by atoms with van der Waals surface area (Å²) in [6, 6.07) is 12.6. The number of rotatable bonds is 10. The summed E-state index contributed by atoms with van der Waals surface area (Å²) >= 11 is 0. The van der Waals surface area contributed by atoms with Crippen LogP contribution in [0, 0.1) is 0 Å². The van der Waals surface area contributed by atoms with Crippen molar-refractivity contribution in [2.75, 3.05) is 35.5 Å². The number of carboxylic acids is 1.